The topological polar surface area (TPSA) is 93.1 Å². The van der Waals surface area contributed by atoms with Crippen LogP contribution in [0.3, 0.4) is 0 Å². The number of carboxylic acids is 1. The van der Waals surface area contributed by atoms with Gasteiger partial charge in [-0.05, 0) is 44.4 Å². The van der Waals surface area contributed by atoms with Crippen LogP contribution >= 0.6 is 0 Å². The molecule has 4 rings (SSSR count). The molecule has 0 aromatic heterocycles. The summed E-state index contributed by atoms with van der Waals surface area (Å²) in [4.78, 5) is 40.5. The van der Waals surface area contributed by atoms with Crippen molar-refractivity contribution in [1.29, 1.82) is 0 Å². The van der Waals surface area contributed by atoms with Gasteiger partial charge in [0.15, 0.2) is 0 Å². The number of nitrogens with zero attached hydrogens (tertiary/aromatic N) is 1. The van der Waals surface area contributed by atoms with Crippen LogP contribution in [0.2, 0.25) is 0 Å². The molecule has 0 saturated heterocycles. The maximum Gasteiger partial charge on any atom is 0.310 e. The molecule has 0 radical (unpaired) electrons. The number of imide groups is 1. The zero-order chi connectivity index (χ0) is 27.4. The number of rotatable bonds is 12. The molecule has 1 aliphatic heterocycles. The first-order valence-corrected chi connectivity index (χ1v) is 13.4. The minimum atomic E-state index is -0.913. The van der Waals surface area contributed by atoms with Crippen molar-refractivity contribution in [2.75, 3.05) is 11.5 Å². The molecule has 0 saturated carbocycles. The van der Waals surface area contributed by atoms with Crippen LogP contribution in [-0.2, 0) is 4.79 Å². The van der Waals surface area contributed by atoms with E-state index in [-0.39, 0.29) is 17.2 Å². The lowest BCUT2D eigenvalue weighted by Crippen LogP contribution is -2.29. The lowest BCUT2D eigenvalue weighted by atomic mass is 9.96. The third-order valence-electron chi connectivity index (χ3n) is 6.81. The third kappa shape index (κ3) is 5.10. The minimum Gasteiger partial charge on any atom is -0.492 e. The Morgan fingerprint density at radius 3 is 2.03 bits per heavy atom. The fourth-order valence-electron chi connectivity index (χ4n) is 4.95. The van der Waals surface area contributed by atoms with Crippen molar-refractivity contribution >= 4 is 34.2 Å². The molecule has 1 atom stereocenters. The Morgan fingerprint density at radius 2 is 1.47 bits per heavy atom. The van der Waals surface area contributed by atoms with Crippen LogP contribution in [0.25, 0.3) is 10.8 Å². The molecule has 0 spiro atoms. The zero-order valence-electron chi connectivity index (χ0n) is 22.5. The van der Waals surface area contributed by atoms with E-state index in [1.807, 2.05) is 45.0 Å². The molecule has 7 heteroatoms. The molecule has 38 heavy (non-hydrogen) atoms. The van der Waals surface area contributed by atoms with Crippen LogP contribution < -0.4 is 14.4 Å². The van der Waals surface area contributed by atoms with E-state index < -0.39 is 23.7 Å². The van der Waals surface area contributed by atoms with Gasteiger partial charge in [-0.15, -0.1) is 0 Å². The number of unbranched alkanes of at least 4 members (excludes halogenated alkanes) is 3. The summed E-state index contributed by atoms with van der Waals surface area (Å²) in [5.74, 6) is -1.76. The summed E-state index contributed by atoms with van der Waals surface area (Å²) in [6, 6.07) is 14.1. The van der Waals surface area contributed by atoms with E-state index in [0.717, 1.165) is 36.0 Å². The zero-order valence-corrected chi connectivity index (χ0v) is 22.5. The fourth-order valence-corrected chi connectivity index (χ4v) is 4.95. The standard InChI is InChI=1S/C31H35NO6/c1-5-7-8-11-18-37-27-23-12-9-10-13-24(23)28(38-19(3)4)26-25(27)29(33)32(30(26)34)21-16-14-20(15-17-21)22(6-2)31(35)36/h9-10,12-17,19,22H,5-8,11,18H2,1-4H3,(H,35,36). The first-order valence-electron chi connectivity index (χ1n) is 13.4. The number of ether oxygens (including phenoxy) is 2. The monoisotopic (exact) mass is 517 g/mol. The second-order valence-corrected chi connectivity index (χ2v) is 9.87. The minimum absolute atomic E-state index is 0.201. The van der Waals surface area contributed by atoms with E-state index in [4.69, 9.17) is 9.47 Å². The molecule has 7 nitrogen and oxygen atoms in total. The van der Waals surface area contributed by atoms with Crippen molar-refractivity contribution in [1.82, 2.24) is 0 Å². The first kappa shape index (κ1) is 27.2. The van der Waals surface area contributed by atoms with Crippen LogP contribution in [0, 0.1) is 0 Å². The maximum atomic E-state index is 13.9. The summed E-state index contributed by atoms with van der Waals surface area (Å²) in [6.07, 6.45) is 4.28. The molecule has 3 aromatic carbocycles. The molecule has 200 valence electrons. The Labute approximate surface area is 223 Å². The molecular weight excluding hydrogens is 482 g/mol. The van der Waals surface area contributed by atoms with Gasteiger partial charge in [-0.2, -0.15) is 0 Å². The molecule has 1 heterocycles. The molecule has 0 bridgehead atoms. The molecule has 2 amide bonds. The van der Waals surface area contributed by atoms with Crippen LogP contribution in [0.1, 0.15) is 92.0 Å². The van der Waals surface area contributed by atoms with E-state index in [1.165, 1.54) is 0 Å². The van der Waals surface area contributed by atoms with Gasteiger partial charge in [0.05, 0.1) is 35.4 Å². The van der Waals surface area contributed by atoms with Gasteiger partial charge < -0.3 is 14.6 Å². The van der Waals surface area contributed by atoms with E-state index in [2.05, 4.69) is 6.92 Å². The Balaban J connectivity index is 1.82. The number of hydrogen-bond acceptors (Lipinski definition) is 5. The number of amides is 2. The van der Waals surface area contributed by atoms with Gasteiger partial charge in [0, 0.05) is 10.8 Å². The second-order valence-electron chi connectivity index (χ2n) is 9.87. The van der Waals surface area contributed by atoms with Gasteiger partial charge in [0.25, 0.3) is 11.8 Å². The largest absolute Gasteiger partial charge is 0.492 e. The normalized spacial score (nSPS) is 13.8. The highest BCUT2D eigenvalue weighted by atomic mass is 16.5. The van der Waals surface area contributed by atoms with E-state index in [9.17, 15) is 19.5 Å². The van der Waals surface area contributed by atoms with E-state index >= 15 is 0 Å². The van der Waals surface area contributed by atoms with Crippen molar-refractivity contribution in [3.05, 3.63) is 65.2 Å². The SMILES string of the molecule is CCCCCCOc1c2c(c(OC(C)C)c3ccccc13)C(=O)N(c1ccc(C(CC)C(=O)O)cc1)C2=O. The fraction of sp³-hybridized carbons (Fsp3) is 0.387. The van der Waals surface area contributed by atoms with Crippen LogP contribution in [0.15, 0.2) is 48.5 Å². The van der Waals surface area contributed by atoms with Crippen molar-refractivity contribution < 1.29 is 29.0 Å². The highest BCUT2D eigenvalue weighted by Gasteiger charge is 2.43. The molecule has 1 aliphatic rings. The smallest absolute Gasteiger partial charge is 0.310 e. The number of carboxylic acid groups (broad SMARTS) is 1. The number of carbonyl (C=O) groups is 3. The lowest BCUT2D eigenvalue weighted by Gasteiger charge is -2.18. The average molecular weight is 518 g/mol. The van der Waals surface area contributed by atoms with Gasteiger partial charge >= 0.3 is 5.97 Å². The van der Waals surface area contributed by atoms with Crippen LogP contribution in [0.4, 0.5) is 5.69 Å². The number of hydrogen-bond donors (Lipinski definition) is 1. The Morgan fingerprint density at radius 1 is 0.868 bits per heavy atom. The van der Waals surface area contributed by atoms with Crippen LogP contribution in [0.5, 0.6) is 11.5 Å². The Bertz CT molecular complexity index is 1340. The number of aliphatic carboxylic acids is 1. The second kappa shape index (κ2) is 11.7. The molecule has 1 N–H and O–H groups in total. The van der Waals surface area contributed by atoms with E-state index in [0.29, 0.717) is 41.2 Å². The van der Waals surface area contributed by atoms with Gasteiger partial charge in [0.2, 0.25) is 0 Å². The maximum absolute atomic E-state index is 13.9. The third-order valence-corrected chi connectivity index (χ3v) is 6.81. The summed E-state index contributed by atoms with van der Waals surface area (Å²) in [5, 5.41) is 10.9. The average Bonchev–Trinajstić information content (AvgIpc) is 3.15. The van der Waals surface area contributed by atoms with Crippen molar-refractivity contribution in [2.45, 2.75) is 71.8 Å². The van der Waals surface area contributed by atoms with Crippen molar-refractivity contribution in [3.63, 3.8) is 0 Å². The highest BCUT2D eigenvalue weighted by Crippen LogP contribution is 2.46. The summed E-state index contributed by atoms with van der Waals surface area (Å²) in [5.41, 5.74) is 1.40. The van der Waals surface area contributed by atoms with E-state index in [1.54, 1.807) is 24.3 Å². The van der Waals surface area contributed by atoms with Gasteiger partial charge in [0.1, 0.15) is 11.5 Å². The molecular formula is C31H35NO6. The van der Waals surface area contributed by atoms with Gasteiger partial charge in [-0.25, -0.2) is 4.90 Å². The Hall–Kier alpha value is -3.87. The summed E-state index contributed by atoms with van der Waals surface area (Å²) >= 11 is 0. The molecule has 0 fully saturated rings. The van der Waals surface area contributed by atoms with Crippen molar-refractivity contribution in [3.8, 4) is 11.5 Å². The number of carbonyl (C=O) groups excluding carboxylic acids is 2. The van der Waals surface area contributed by atoms with Gasteiger partial charge in [-0.1, -0.05) is 69.5 Å². The van der Waals surface area contributed by atoms with Crippen LogP contribution in [-0.4, -0.2) is 35.6 Å². The van der Waals surface area contributed by atoms with Gasteiger partial charge in [-0.3, -0.25) is 14.4 Å². The quantitative estimate of drug-likeness (QED) is 0.206. The summed E-state index contributed by atoms with van der Waals surface area (Å²) in [7, 11) is 0. The number of benzene rings is 3. The molecule has 3 aromatic rings. The molecule has 0 aliphatic carbocycles. The van der Waals surface area contributed by atoms with Crippen molar-refractivity contribution in [2.24, 2.45) is 0 Å². The predicted octanol–water partition coefficient (Wildman–Crippen LogP) is 6.96. The Kier molecular flexibility index (Phi) is 8.35. The number of fused-ring (bicyclic) bond motifs is 2. The lowest BCUT2D eigenvalue weighted by molar-refractivity contribution is -0.138. The highest BCUT2D eigenvalue weighted by molar-refractivity contribution is 6.38. The predicted molar refractivity (Wildman–Crippen MR) is 148 cm³/mol. The number of anilines is 1. The molecule has 1 unspecified atom stereocenters. The summed E-state index contributed by atoms with van der Waals surface area (Å²) < 4.78 is 12.4. The first-order chi connectivity index (χ1) is 18.3. The summed E-state index contributed by atoms with van der Waals surface area (Å²) in [6.45, 7) is 8.14.